The van der Waals surface area contributed by atoms with Crippen LogP contribution in [-0.4, -0.2) is 29.2 Å². The van der Waals surface area contributed by atoms with Crippen molar-refractivity contribution >= 4 is 36.7 Å². The van der Waals surface area contributed by atoms with Crippen LogP contribution in [0.1, 0.15) is 27.7 Å². The Morgan fingerprint density at radius 1 is 1.16 bits per heavy atom. The van der Waals surface area contributed by atoms with E-state index >= 15 is 0 Å². The maximum absolute atomic E-state index is 12.0. The monoisotopic (exact) mass is 378 g/mol. The van der Waals surface area contributed by atoms with Gasteiger partial charge in [0.1, 0.15) is 0 Å². The Balaban J connectivity index is 2.87. The summed E-state index contributed by atoms with van der Waals surface area (Å²) in [6.07, 6.45) is 1.67. The Hall–Kier alpha value is -0.980. The molecule has 1 aliphatic rings. The van der Waals surface area contributed by atoms with Crippen molar-refractivity contribution in [1.82, 2.24) is 0 Å². The summed E-state index contributed by atoms with van der Waals surface area (Å²) < 4.78 is 13.9. The summed E-state index contributed by atoms with van der Waals surface area (Å²) in [6.45, 7) is 8.30. The summed E-state index contributed by atoms with van der Waals surface area (Å²) >= 11 is -0.334. The smallest absolute Gasteiger partial charge is 0.339 e. The molecule has 0 amide bonds. The molecule has 1 rings (SSSR count). The molecule has 0 spiro atoms. The highest BCUT2D eigenvalue weighted by Gasteiger charge is 2.22. The number of halogens is 1. The van der Waals surface area contributed by atoms with Crippen LogP contribution in [-0.2, 0) is 19.1 Å². The third-order valence-corrected chi connectivity index (χ3v) is 3.87. The van der Waals surface area contributed by atoms with Crippen molar-refractivity contribution in [3.8, 4) is 0 Å². The molecule has 0 aromatic carbocycles. The first kappa shape index (κ1) is 16.1. The van der Waals surface area contributed by atoms with Crippen LogP contribution in [0.2, 0.25) is 0 Å². The first-order valence-corrected chi connectivity index (χ1v) is 8.54. The largest absolute Gasteiger partial charge is 0.462 e. The zero-order valence-electron chi connectivity index (χ0n) is 11.7. The lowest BCUT2D eigenvalue weighted by Crippen LogP contribution is -2.22. The molecule has 0 aromatic rings. The minimum Gasteiger partial charge on any atom is -0.462 e. The lowest BCUT2D eigenvalue weighted by molar-refractivity contribution is -0.142. The summed E-state index contributed by atoms with van der Waals surface area (Å²) in [4.78, 5) is 23.8. The molecule has 0 atom stereocenters. The Morgan fingerprint density at radius 2 is 1.79 bits per heavy atom. The van der Waals surface area contributed by atoms with Gasteiger partial charge in [-0.1, -0.05) is 41.5 Å². The molecule has 0 aliphatic carbocycles. The van der Waals surface area contributed by atoms with Gasteiger partial charge in [-0.25, -0.2) is 9.59 Å². The van der Waals surface area contributed by atoms with Gasteiger partial charge in [-0.05, 0) is 26.5 Å². The average molecular weight is 378 g/mol. The maximum Gasteiger partial charge on any atom is 0.339 e. The number of ether oxygens (including phenoxy) is 2. The van der Waals surface area contributed by atoms with E-state index in [0.29, 0.717) is 17.8 Å². The van der Waals surface area contributed by atoms with Gasteiger partial charge >= 0.3 is 11.9 Å². The van der Waals surface area contributed by atoms with Gasteiger partial charge in [0, 0.05) is 0 Å². The second-order valence-corrected chi connectivity index (χ2v) is 7.27. The first-order chi connectivity index (χ1) is 8.85. The molecule has 1 heterocycles. The Labute approximate surface area is 123 Å². The van der Waals surface area contributed by atoms with Gasteiger partial charge in [0.25, 0.3) is 0 Å². The van der Waals surface area contributed by atoms with Crippen LogP contribution in [0.3, 0.4) is 0 Å². The summed E-state index contributed by atoms with van der Waals surface area (Å²) in [5.74, 6) is -0.913. The number of hydrogen-bond donors (Lipinski definition) is 0. The van der Waals surface area contributed by atoms with Crippen molar-refractivity contribution in [2.24, 2.45) is 5.41 Å². The van der Waals surface area contributed by atoms with E-state index in [1.165, 1.54) is 0 Å². The number of carbonyl (C=O) groups excluding carboxylic acids is 2. The molecule has 0 saturated carbocycles. The van der Waals surface area contributed by atoms with E-state index < -0.39 is 11.9 Å². The molecule has 4 nitrogen and oxygen atoms in total. The molecule has 0 saturated heterocycles. The van der Waals surface area contributed by atoms with Gasteiger partial charge < -0.3 is 9.47 Å². The molecule has 0 radical (unpaired) electrons. The number of rotatable bonds is 4. The van der Waals surface area contributed by atoms with Gasteiger partial charge in [0.2, 0.25) is 0 Å². The van der Waals surface area contributed by atoms with Gasteiger partial charge in [-0.3, -0.25) is 0 Å². The van der Waals surface area contributed by atoms with Crippen LogP contribution in [0.4, 0.5) is 0 Å². The van der Waals surface area contributed by atoms with Crippen LogP contribution in [0, 0.1) is 5.41 Å². The molecule has 0 bridgehead atoms. The fourth-order valence-electron chi connectivity index (χ4n) is 1.25. The van der Waals surface area contributed by atoms with Crippen molar-refractivity contribution in [3.05, 3.63) is 21.3 Å². The molecule has 1 aliphatic heterocycles. The van der Waals surface area contributed by atoms with E-state index in [2.05, 4.69) is 0 Å². The van der Waals surface area contributed by atoms with Crippen LogP contribution >= 0.6 is 20.7 Å². The fraction of sp³-hybridized carbons (Fsp3) is 0.500. The lowest BCUT2D eigenvalue weighted by atomic mass is 9.98. The topological polar surface area (TPSA) is 52.6 Å². The highest BCUT2D eigenvalue weighted by molar-refractivity contribution is 14.2. The van der Waals surface area contributed by atoms with Crippen molar-refractivity contribution in [2.75, 3.05) is 13.2 Å². The molecule has 0 aromatic heterocycles. The van der Waals surface area contributed by atoms with E-state index in [-0.39, 0.29) is 32.8 Å². The number of hydrogen-bond acceptors (Lipinski definition) is 4. The highest BCUT2D eigenvalue weighted by atomic mass is 127. The highest BCUT2D eigenvalue weighted by Crippen LogP contribution is 2.20. The van der Waals surface area contributed by atoms with Crippen LogP contribution < -0.4 is 0 Å². The van der Waals surface area contributed by atoms with Gasteiger partial charge in [-0.15, -0.1) is 0 Å². The van der Waals surface area contributed by atoms with Gasteiger partial charge in [0.05, 0.1) is 24.4 Å². The summed E-state index contributed by atoms with van der Waals surface area (Å²) in [5.41, 5.74) is 0.546. The van der Waals surface area contributed by atoms with E-state index in [4.69, 9.17) is 9.47 Å². The lowest BCUT2D eigenvalue weighted by Gasteiger charge is -2.18. The van der Waals surface area contributed by atoms with E-state index in [1.54, 1.807) is 17.0 Å². The second kappa shape index (κ2) is 6.98. The summed E-state index contributed by atoms with van der Waals surface area (Å²) in [5, 5.41) is 0. The normalized spacial score (nSPS) is 14.9. The average Bonchev–Trinajstić information content (AvgIpc) is 2.35. The zero-order chi connectivity index (χ0) is 14.5. The third kappa shape index (κ3) is 5.26. The number of esters is 2. The van der Waals surface area contributed by atoms with Crippen LogP contribution in [0.25, 0.3) is 0 Å². The van der Waals surface area contributed by atoms with E-state index in [0.717, 1.165) is 0 Å². The molecular formula is C14H19IO4. The quantitative estimate of drug-likeness (QED) is 0.558. The minimum absolute atomic E-state index is 0.0974. The van der Waals surface area contributed by atoms with Gasteiger partial charge in [0.15, 0.2) is 0 Å². The molecular weight excluding hydrogens is 359 g/mol. The Kier molecular flexibility index (Phi) is 5.90. The molecule has 0 fully saturated rings. The second-order valence-electron chi connectivity index (χ2n) is 5.21. The fourth-order valence-corrected chi connectivity index (χ4v) is 2.97. The Morgan fingerprint density at radius 3 is 2.37 bits per heavy atom. The number of carbonyl (C=O) groups is 2. The van der Waals surface area contributed by atoms with Crippen molar-refractivity contribution in [3.63, 3.8) is 0 Å². The molecule has 0 unspecified atom stereocenters. The molecule has 5 heteroatoms. The molecule has 0 N–H and O–H groups in total. The van der Waals surface area contributed by atoms with E-state index in [1.807, 2.05) is 24.9 Å². The minimum atomic E-state index is -0.471. The molecule has 19 heavy (non-hydrogen) atoms. The van der Waals surface area contributed by atoms with Crippen molar-refractivity contribution < 1.29 is 19.1 Å². The predicted octanol–water partition coefficient (Wildman–Crippen LogP) is 2.74. The summed E-state index contributed by atoms with van der Waals surface area (Å²) in [7, 11) is 0. The predicted molar refractivity (Wildman–Crippen MR) is 83.3 cm³/mol. The Bertz CT molecular complexity index is 453. The van der Waals surface area contributed by atoms with Gasteiger partial charge in [-0.2, -0.15) is 0 Å². The van der Waals surface area contributed by atoms with Crippen LogP contribution in [0.15, 0.2) is 21.3 Å². The first-order valence-electron chi connectivity index (χ1n) is 6.05. The molecule has 106 valence electrons. The maximum atomic E-state index is 12.0. The zero-order valence-corrected chi connectivity index (χ0v) is 13.8. The van der Waals surface area contributed by atoms with Crippen LogP contribution in [0.5, 0.6) is 0 Å². The van der Waals surface area contributed by atoms with Crippen molar-refractivity contribution in [1.29, 1.82) is 0 Å². The summed E-state index contributed by atoms with van der Waals surface area (Å²) in [6, 6.07) is 0. The standard InChI is InChI=1S/C14H19IO4/c1-5-18-12(16)10-6-7-15-8-11(10)13(17)19-9-14(2,3)4/h6-8H,5,9H2,1-4H3. The third-order valence-electron chi connectivity index (χ3n) is 2.12. The van der Waals surface area contributed by atoms with E-state index in [9.17, 15) is 9.59 Å². The van der Waals surface area contributed by atoms with Crippen molar-refractivity contribution in [2.45, 2.75) is 27.7 Å². The SMILES string of the molecule is CCOC(=O)C1=C(C(=O)OCC(C)(C)C)C=IC=C1.